The van der Waals surface area contributed by atoms with Crippen molar-refractivity contribution in [1.82, 2.24) is 19.5 Å². The number of rotatable bonds is 8. The van der Waals surface area contributed by atoms with E-state index in [1.165, 1.54) is 6.33 Å². The van der Waals surface area contributed by atoms with Crippen LogP contribution in [0.5, 0.6) is 0 Å². The Morgan fingerprint density at radius 1 is 1.05 bits per heavy atom. The van der Waals surface area contributed by atoms with Crippen molar-refractivity contribution in [3.05, 3.63) is 77.6 Å². The first-order valence-corrected chi connectivity index (χ1v) is 12.8. The Bertz CT molecular complexity index is 1500. The monoisotopic (exact) mass is 527 g/mol. The number of nitrogens with zero attached hydrogens (tertiary/aromatic N) is 5. The number of nitrogens with one attached hydrogen (secondary N) is 1. The summed E-state index contributed by atoms with van der Waals surface area (Å²) in [4.78, 5) is 13.3. The minimum Gasteiger partial charge on any atom is -0.382 e. The molecule has 0 bridgehead atoms. The largest absolute Gasteiger partial charge is 0.382 e. The van der Waals surface area contributed by atoms with Crippen LogP contribution in [0.3, 0.4) is 0 Å². The molecule has 4 atom stereocenters. The van der Waals surface area contributed by atoms with E-state index < -0.39 is 24.2 Å². The molecule has 2 aliphatic rings. The molecule has 0 unspecified atom stereocenters. The summed E-state index contributed by atoms with van der Waals surface area (Å²) < 4.78 is 27.1. The third kappa shape index (κ3) is 5.03. The fourth-order valence-electron chi connectivity index (χ4n) is 5.04. The summed E-state index contributed by atoms with van der Waals surface area (Å²) >= 11 is 0. The van der Waals surface area contributed by atoms with Crippen molar-refractivity contribution in [3.8, 4) is 6.07 Å². The maximum atomic E-state index is 9.02. The van der Waals surface area contributed by atoms with E-state index in [0.29, 0.717) is 35.8 Å². The molecule has 2 saturated heterocycles. The fraction of sp³-hybridized carbons (Fsp3) is 0.357. The van der Waals surface area contributed by atoms with E-state index in [-0.39, 0.29) is 18.5 Å². The molecule has 4 heterocycles. The van der Waals surface area contributed by atoms with Crippen LogP contribution in [-0.2, 0) is 32.1 Å². The average Bonchev–Trinajstić information content (AvgIpc) is 3.57. The molecular weight excluding hydrogens is 498 g/mol. The molecule has 4 aromatic rings. The Hall–Kier alpha value is -4.08. The topological polar surface area (TPSA) is 142 Å². The third-order valence-corrected chi connectivity index (χ3v) is 6.81. The van der Waals surface area contributed by atoms with Crippen LogP contribution in [0.2, 0.25) is 0 Å². The van der Waals surface area contributed by atoms with Crippen molar-refractivity contribution in [1.29, 1.82) is 5.26 Å². The van der Waals surface area contributed by atoms with Gasteiger partial charge < -0.3 is 30.0 Å². The van der Waals surface area contributed by atoms with Crippen molar-refractivity contribution >= 4 is 22.9 Å². The lowest BCUT2D eigenvalue weighted by Crippen LogP contribution is -2.32. The number of ether oxygens (including phenoxy) is 4. The number of anilines is 2. The molecule has 0 spiro atoms. The lowest BCUT2D eigenvalue weighted by atomic mass is 10.1. The SMILES string of the molecule is CC1(C)O[C@@H]2[C@H](O1)[C@@H](COCc1ccc(C#N)cc1)O[C@H]2n1c(NCc2ccccc2)nc2c(N)ncnc21. The van der Waals surface area contributed by atoms with Gasteiger partial charge in [-0.3, -0.25) is 4.57 Å². The number of nitrogens with two attached hydrogens (primary N) is 1. The lowest BCUT2D eigenvalue weighted by Gasteiger charge is -2.25. The average molecular weight is 528 g/mol. The van der Waals surface area contributed by atoms with E-state index in [4.69, 9.17) is 34.9 Å². The molecule has 11 nitrogen and oxygen atoms in total. The van der Waals surface area contributed by atoms with Crippen molar-refractivity contribution < 1.29 is 18.9 Å². The van der Waals surface area contributed by atoms with Crippen molar-refractivity contribution in [2.75, 3.05) is 17.7 Å². The second kappa shape index (κ2) is 10.2. The van der Waals surface area contributed by atoms with E-state index in [0.717, 1.165) is 11.1 Å². The van der Waals surface area contributed by atoms with Gasteiger partial charge in [0.1, 0.15) is 24.6 Å². The summed E-state index contributed by atoms with van der Waals surface area (Å²) in [5, 5.41) is 12.4. The van der Waals surface area contributed by atoms with E-state index >= 15 is 0 Å². The van der Waals surface area contributed by atoms with Gasteiger partial charge in [-0.05, 0) is 37.1 Å². The molecule has 0 radical (unpaired) electrons. The molecule has 39 heavy (non-hydrogen) atoms. The van der Waals surface area contributed by atoms with E-state index in [1.54, 1.807) is 12.1 Å². The highest BCUT2D eigenvalue weighted by molar-refractivity contribution is 5.84. The quantitative estimate of drug-likeness (QED) is 0.349. The Labute approximate surface area is 225 Å². The molecule has 6 rings (SSSR count). The van der Waals surface area contributed by atoms with Gasteiger partial charge in [0.2, 0.25) is 5.95 Å². The molecule has 0 amide bonds. The summed E-state index contributed by atoms with van der Waals surface area (Å²) in [7, 11) is 0. The van der Waals surface area contributed by atoms with Gasteiger partial charge in [0.15, 0.2) is 29.0 Å². The number of fused-ring (bicyclic) bond motifs is 2. The van der Waals surface area contributed by atoms with Gasteiger partial charge >= 0.3 is 0 Å². The number of imidazole rings is 1. The summed E-state index contributed by atoms with van der Waals surface area (Å²) in [6.45, 7) is 4.97. The van der Waals surface area contributed by atoms with Crippen LogP contribution in [-0.4, -0.2) is 50.2 Å². The van der Waals surface area contributed by atoms with Gasteiger partial charge in [-0.1, -0.05) is 42.5 Å². The molecule has 0 saturated carbocycles. The Morgan fingerprint density at radius 3 is 2.59 bits per heavy atom. The summed E-state index contributed by atoms with van der Waals surface area (Å²) in [6, 6.07) is 19.5. The first kappa shape index (κ1) is 25.2. The van der Waals surface area contributed by atoms with Crippen LogP contribution >= 0.6 is 0 Å². The highest BCUT2D eigenvalue weighted by Crippen LogP contribution is 2.45. The highest BCUT2D eigenvalue weighted by atomic mass is 16.8. The van der Waals surface area contributed by atoms with E-state index in [1.807, 2.05) is 60.9 Å². The van der Waals surface area contributed by atoms with E-state index in [2.05, 4.69) is 21.4 Å². The zero-order valence-electron chi connectivity index (χ0n) is 21.7. The molecule has 200 valence electrons. The van der Waals surface area contributed by atoms with Gasteiger partial charge in [0.05, 0.1) is 24.8 Å². The van der Waals surface area contributed by atoms with Crippen molar-refractivity contribution in [3.63, 3.8) is 0 Å². The van der Waals surface area contributed by atoms with Crippen LogP contribution in [0, 0.1) is 11.3 Å². The molecule has 2 aliphatic heterocycles. The minimum atomic E-state index is -0.801. The van der Waals surface area contributed by atoms with E-state index in [9.17, 15) is 0 Å². The minimum absolute atomic E-state index is 0.280. The third-order valence-electron chi connectivity index (χ3n) is 6.81. The van der Waals surface area contributed by atoms with Crippen LogP contribution in [0.25, 0.3) is 11.2 Å². The summed E-state index contributed by atoms with van der Waals surface area (Å²) in [6.07, 6.45) is -0.396. The number of hydrogen-bond acceptors (Lipinski definition) is 10. The second-order valence-electron chi connectivity index (χ2n) is 10.0. The predicted molar refractivity (Wildman–Crippen MR) is 142 cm³/mol. The fourth-order valence-corrected chi connectivity index (χ4v) is 5.04. The van der Waals surface area contributed by atoms with Gasteiger partial charge in [-0.25, -0.2) is 15.0 Å². The van der Waals surface area contributed by atoms with Crippen LogP contribution in [0.15, 0.2) is 60.9 Å². The number of hydrogen-bond donors (Lipinski definition) is 2. The number of nitriles is 1. The van der Waals surface area contributed by atoms with Gasteiger partial charge in [-0.15, -0.1) is 0 Å². The second-order valence-corrected chi connectivity index (χ2v) is 10.0. The lowest BCUT2D eigenvalue weighted by molar-refractivity contribution is -0.201. The molecule has 3 N–H and O–H groups in total. The molecule has 2 aromatic heterocycles. The molecule has 11 heteroatoms. The standard InChI is InChI=1S/C28H29N7O4/c1-28(2)38-22-20(15-36-14-19-10-8-17(12-29)9-11-19)37-26(23(22)39-28)35-25-21(24(30)32-16-33-25)34-27(35)31-13-18-6-4-3-5-7-18/h3-11,16,20,22-23,26H,13-15H2,1-2H3,(H,31,34)(H2,30,32,33)/t20-,22-,23-,26-/m1/s1. The normalized spacial score (nSPS) is 23.5. The number of nitrogen functional groups attached to an aromatic ring is 1. The van der Waals surface area contributed by atoms with Gasteiger partial charge in [0, 0.05) is 6.54 Å². The van der Waals surface area contributed by atoms with Crippen LogP contribution in [0.1, 0.15) is 36.8 Å². The van der Waals surface area contributed by atoms with Crippen LogP contribution < -0.4 is 11.1 Å². The maximum Gasteiger partial charge on any atom is 0.207 e. The molecule has 0 aliphatic carbocycles. The first-order chi connectivity index (χ1) is 18.9. The zero-order valence-corrected chi connectivity index (χ0v) is 21.7. The van der Waals surface area contributed by atoms with Gasteiger partial charge in [-0.2, -0.15) is 5.26 Å². The summed E-state index contributed by atoms with van der Waals surface area (Å²) in [5.74, 6) is 0.0182. The van der Waals surface area contributed by atoms with Crippen LogP contribution in [0.4, 0.5) is 11.8 Å². The maximum absolute atomic E-state index is 9.02. The predicted octanol–water partition coefficient (Wildman–Crippen LogP) is 3.53. The Morgan fingerprint density at radius 2 is 1.82 bits per heavy atom. The van der Waals surface area contributed by atoms with Gasteiger partial charge in [0.25, 0.3) is 0 Å². The zero-order chi connectivity index (χ0) is 27.0. The summed E-state index contributed by atoms with van der Waals surface area (Å²) in [5.41, 5.74) is 9.85. The smallest absolute Gasteiger partial charge is 0.207 e. The highest BCUT2D eigenvalue weighted by Gasteiger charge is 2.56. The first-order valence-electron chi connectivity index (χ1n) is 12.8. The molecular formula is C28H29N7O4. The Kier molecular flexibility index (Phi) is 6.62. The number of benzene rings is 2. The van der Waals surface area contributed by atoms with Crippen molar-refractivity contribution in [2.45, 2.75) is 57.3 Å². The number of aromatic nitrogens is 4. The molecule has 2 aromatic carbocycles. The molecule has 2 fully saturated rings. The Balaban J connectivity index is 1.27. The van der Waals surface area contributed by atoms with Crippen molar-refractivity contribution in [2.24, 2.45) is 0 Å².